The number of unbranched alkanes of at least 4 members (excludes halogenated alkanes) is 11. The fourth-order valence-corrected chi connectivity index (χ4v) is 3.50. The molecule has 3 N–H and O–H groups in total. The minimum atomic E-state index is -1.15. The van der Waals surface area contributed by atoms with E-state index in [1.54, 1.807) is 0 Å². The van der Waals surface area contributed by atoms with Gasteiger partial charge in [-0.2, -0.15) is 0 Å². The summed E-state index contributed by atoms with van der Waals surface area (Å²) in [4.78, 5) is 11.3. The largest absolute Gasteiger partial charge is 0.508 e. The first-order valence-corrected chi connectivity index (χ1v) is 11.0. The van der Waals surface area contributed by atoms with Crippen molar-refractivity contribution in [2.45, 2.75) is 96.8 Å². The molecule has 0 saturated heterocycles. The minimum absolute atomic E-state index is 0.0895. The summed E-state index contributed by atoms with van der Waals surface area (Å²) in [6.07, 6.45) is 21.0. The highest BCUT2D eigenvalue weighted by molar-refractivity contribution is 5.92. The van der Waals surface area contributed by atoms with E-state index < -0.39 is 5.97 Å². The number of carbonyl (C=O) groups is 1. The summed E-state index contributed by atoms with van der Waals surface area (Å²) in [5.74, 6) is -1.61. The van der Waals surface area contributed by atoms with Crippen molar-refractivity contribution in [2.24, 2.45) is 0 Å². The van der Waals surface area contributed by atoms with Crippen LogP contribution < -0.4 is 0 Å². The van der Waals surface area contributed by atoms with Gasteiger partial charge in [-0.15, -0.1) is 0 Å². The number of hydrogen-bond donors (Lipinski definition) is 3. The molecular formula is C24H38O4. The second-order valence-corrected chi connectivity index (χ2v) is 7.64. The van der Waals surface area contributed by atoms with Gasteiger partial charge in [0, 0.05) is 6.07 Å². The number of allylic oxidation sites excluding steroid dienone is 2. The Labute approximate surface area is 170 Å². The fraction of sp³-hybridized carbons (Fsp3) is 0.625. The van der Waals surface area contributed by atoms with E-state index in [0.717, 1.165) is 31.7 Å². The summed E-state index contributed by atoms with van der Waals surface area (Å²) in [6.45, 7) is 2.25. The molecule has 0 aliphatic heterocycles. The Morgan fingerprint density at radius 3 is 1.93 bits per heavy atom. The number of carboxylic acid groups (broad SMARTS) is 1. The predicted octanol–water partition coefficient (Wildman–Crippen LogP) is 6.99. The molecule has 0 radical (unpaired) electrons. The molecule has 4 nitrogen and oxygen atoms in total. The maximum Gasteiger partial charge on any atom is 0.339 e. The molecule has 0 fully saturated rings. The van der Waals surface area contributed by atoms with E-state index in [4.69, 9.17) is 0 Å². The molecular weight excluding hydrogens is 352 g/mol. The Morgan fingerprint density at radius 2 is 1.36 bits per heavy atom. The number of phenolic OH excluding ortho intramolecular Hbond substituents is 1. The Hall–Kier alpha value is -1.97. The van der Waals surface area contributed by atoms with E-state index in [1.807, 2.05) is 0 Å². The monoisotopic (exact) mass is 390 g/mol. The standard InChI is InChI=1S/C24H38O4/c1-2-3-4-5-6-7-8-9-10-11-12-13-14-15-16-17-20-18-21(25)19-22(26)23(20)24(27)28/h9-10,18-19,25-26H,2-8,11-17H2,1H3,(H,27,28)/b10-9-. The van der Waals surface area contributed by atoms with Crippen LogP contribution in [-0.2, 0) is 6.42 Å². The predicted molar refractivity (Wildman–Crippen MR) is 115 cm³/mol. The third-order valence-electron chi connectivity index (χ3n) is 5.11. The zero-order valence-electron chi connectivity index (χ0n) is 17.5. The average molecular weight is 391 g/mol. The SMILES string of the molecule is CCCCCCCC/C=C\CCCCCCCc1cc(O)cc(O)c1C(=O)O. The first kappa shape index (κ1) is 24.1. The smallest absolute Gasteiger partial charge is 0.339 e. The molecule has 1 aromatic rings. The highest BCUT2D eigenvalue weighted by atomic mass is 16.4. The second kappa shape index (κ2) is 15.0. The molecule has 0 heterocycles. The Balaban J connectivity index is 2.07. The van der Waals surface area contributed by atoms with Crippen molar-refractivity contribution in [3.05, 3.63) is 35.4 Å². The molecule has 1 rings (SSSR count). The van der Waals surface area contributed by atoms with Gasteiger partial charge in [-0.05, 0) is 50.2 Å². The number of carboxylic acids is 1. The lowest BCUT2D eigenvalue weighted by molar-refractivity contribution is 0.0692. The maximum atomic E-state index is 11.3. The summed E-state index contributed by atoms with van der Waals surface area (Å²) in [5.41, 5.74) is 0.413. The molecule has 0 saturated carbocycles. The van der Waals surface area contributed by atoms with Crippen LogP contribution in [0, 0.1) is 0 Å². The van der Waals surface area contributed by atoms with E-state index in [2.05, 4.69) is 19.1 Å². The number of aromatic hydroxyl groups is 2. The molecule has 158 valence electrons. The van der Waals surface area contributed by atoms with Gasteiger partial charge >= 0.3 is 5.97 Å². The van der Waals surface area contributed by atoms with Crippen LogP contribution in [-0.4, -0.2) is 21.3 Å². The fourth-order valence-electron chi connectivity index (χ4n) is 3.50. The lowest BCUT2D eigenvalue weighted by Gasteiger charge is -2.09. The van der Waals surface area contributed by atoms with Crippen molar-refractivity contribution in [3.8, 4) is 11.5 Å². The summed E-state index contributed by atoms with van der Waals surface area (Å²) in [6, 6.07) is 2.52. The Morgan fingerprint density at radius 1 is 0.821 bits per heavy atom. The van der Waals surface area contributed by atoms with Gasteiger partial charge in [0.25, 0.3) is 0 Å². The molecule has 0 spiro atoms. The lowest BCUT2D eigenvalue weighted by atomic mass is 9.99. The van der Waals surface area contributed by atoms with Crippen molar-refractivity contribution >= 4 is 5.97 Å². The van der Waals surface area contributed by atoms with Crippen molar-refractivity contribution in [1.82, 2.24) is 0 Å². The van der Waals surface area contributed by atoms with E-state index in [1.165, 1.54) is 63.9 Å². The minimum Gasteiger partial charge on any atom is -0.508 e. The number of phenols is 2. The van der Waals surface area contributed by atoms with E-state index in [-0.39, 0.29) is 17.1 Å². The average Bonchev–Trinajstić information content (AvgIpc) is 2.64. The summed E-state index contributed by atoms with van der Waals surface area (Å²) >= 11 is 0. The van der Waals surface area contributed by atoms with Gasteiger partial charge in [0.1, 0.15) is 17.1 Å². The van der Waals surface area contributed by atoms with Crippen LogP contribution in [0.15, 0.2) is 24.3 Å². The Kier molecular flexibility index (Phi) is 12.9. The van der Waals surface area contributed by atoms with Gasteiger partial charge < -0.3 is 15.3 Å². The van der Waals surface area contributed by atoms with E-state index in [9.17, 15) is 20.1 Å². The topological polar surface area (TPSA) is 77.8 Å². The molecule has 0 aliphatic rings. The second-order valence-electron chi connectivity index (χ2n) is 7.64. The highest BCUT2D eigenvalue weighted by Crippen LogP contribution is 2.28. The highest BCUT2D eigenvalue weighted by Gasteiger charge is 2.16. The van der Waals surface area contributed by atoms with Crippen LogP contribution >= 0.6 is 0 Å². The van der Waals surface area contributed by atoms with Gasteiger partial charge in [0.15, 0.2) is 0 Å². The van der Waals surface area contributed by atoms with Gasteiger partial charge in [-0.1, -0.05) is 70.4 Å². The first-order chi connectivity index (χ1) is 13.6. The van der Waals surface area contributed by atoms with Crippen molar-refractivity contribution < 1.29 is 20.1 Å². The third kappa shape index (κ3) is 10.4. The van der Waals surface area contributed by atoms with Gasteiger partial charge in [-0.25, -0.2) is 4.79 Å². The molecule has 4 heteroatoms. The zero-order valence-corrected chi connectivity index (χ0v) is 17.5. The van der Waals surface area contributed by atoms with Crippen molar-refractivity contribution in [3.63, 3.8) is 0 Å². The van der Waals surface area contributed by atoms with Gasteiger partial charge in [0.05, 0.1) is 0 Å². The molecule has 28 heavy (non-hydrogen) atoms. The summed E-state index contributed by atoms with van der Waals surface area (Å²) in [7, 11) is 0. The molecule has 0 atom stereocenters. The van der Waals surface area contributed by atoms with Crippen LogP contribution in [0.1, 0.15) is 106 Å². The quantitative estimate of drug-likeness (QED) is 0.210. The molecule has 0 amide bonds. The van der Waals surface area contributed by atoms with Crippen LogP contribution in [0.3, 0.4) is 0 Å². The lowest BCUT2D eigenvalue weighted by Crippen LogP contribution is -2.03. The van der Waals surface area contributed by atoms with Gasteiger partial charge in [-0.3, -0.25) is 0 Å². The summed E-state index contributed by atoms with van der Waals surface area (Å²) in [5, 5.41) is 28.5. The number of aryl methyl sites for hydroxylation is 1. The van der Waals surface area contributed by atoms with Crippen molar-refractivity contribution in [2.75, 3.05) is 0 Å². The van der Waals surface area contributed by atoms with Gasteiger partial charge in [0.2, 0.25) is 0 Å². The maximum absolute atomic E-state index is 11.3. The molecule has 0 unspecified atom stereocenters. The van der Waals surface area contributed by atoms with Crippen LogP contribution in [0.25, 0.3) is 0 Å². The zero-order chi connectivity index (χ0) is 20.6. The summed E-state index contributed by atoms with van der Waals surface area (Å²) < 4.78 is 0. The van der Waals surface area contributed by atoms with E-state index in [0.29, 0.717) is 12.0 Å². The number of rotatable bonds is 16. The van der Waals surface area contributed by atoms with Crippen LogP contribution in [0.4, 0.5) is 0 Å². The van der Waals surface area contributed by atoms with E-state index >= 15 is 0 Å². The molecule has 1 aromatic carbocycles. The molecule has 0 aromatic heterocycles. The normalized spacial score (nSPS) is 11.3. The third-order valence-corrected chi connectivity index (χ3v) is 5.11. The van der Waals surface area contributed by atoms with Crippen LogP contribution in [0.5, 0.6) is 11.5 Å². The molecule has 0 bridgehead atoms. The number of benzene rings is 1. The number of hydrogen-bond acceptors (Lipinski definition) is 3. The Bertz CT molecular complexity index is 593. The number of aromatic carboxylic acids is 1. The first-order valence-electron chi connectivity index (χ1n) is 11.0. The molecule has 0 aliphatic carbocycles. The van der Waals surface area contributed by atoms with Crippen molar-refractivity contribution in [1.29, 1.82) is 0 Å². The van der Waals surface area contributed by atoms with Crippen LogP contribution in [0.2, 0.25) is 0 Å².